The van der Waals surface area contributed by atoms with Crippen LogP contribution in [0.25, 0.3) is 0 Å². The van der Waals surface area contributed by atoms with Crippen molar-refractivity contribution in [1.82, 2.24) is 9.71 Å². The fourth-order valence-corrected chi connectivity index (χ4v) is 1.98. The number of nitrogens with one attached hydrogen (secondary N) is 3. The van der Waals surface area contributed by atoms with E-state index in [9.17, 15) is 8.42 Å². The van der Waals surface area contributed by atoms with Gasteiger partial charge in [-0.1, -0.05) is 6.92 Å². The molecule has 1 aromatic rings. The molecule has 0 atom stereocenters. The molecule has 6 nitrogen and oxygen atoms in total. The van der Waals surface area contributed by atoms with Gasteiger partial charge in [-0.2, -0.15) is 0 Å². The van der Waals surface area contributed by atoms with E-state index in [-0.39, 0.29) is 0 Å². The Bertz CT molecular complexity index is 476. The van der Waals surface area contributed by atoms with Gasteiger partial charge in [-0.25, -0.2) is 18.1 Å². The summed E-state index contributed by atoms with van der Waals surface area (Å²) in [6, 6.07) is 3.83. The fraction of sp³-hybridized carbons (Fsp3) is 0.583. The molecule has 1 rings (SSSR count). The van der Waals surface area contributed by atoms with E-state index < -0.39 is 10.0 Å². The fourth-order valence-electron chi connectivity index (χ4n) is 1.47. The molecule has 108 valence electrons. The van der Waals surface area contributed by atoms with Crippen molar-refractivity contribution in [3.05, 3.63) is 18.3 Å². The molecule has 0 unspecified atom stereocenters. The zero-order valence-electron chi connectivity index (χ0n) is 11.4. The van der Waals surface area contributed by atoms with E-state index in [4.69, 9.17) is 0 Å². The predicted octanol–water partition coefficient (Wildman–Crippen LogP) is 1.25. The number of pyridine rings is 1. The van der Waals surface area contributed by atoms with Gasteiger partial charge in [-0.05, 0) is 18.9 Å². The minimum absolute atomic E-state index is 0.442. The highest BCUT2D eigenvalue weighted by atomic mass is 32.2. The normalized spacial score (nSPS) is 11.3. The van der Waals surface area contributed by atoms with Crippen LogP contribution in [-0.4, -0.2) is 39.3 Å². The number of rotatable bonds is 9. The highest BCUT2D eigenvalue weighted by Crippen LogP contribution is 2.11. The quantitative estimate of drug-likeness (QED) is 0.595. The van der Waals surface area contributed by atoms with Gasteiger partial charge in [0.15, 0.2) is 0 Å². The van der Waals surface area contributed by atoms with E-state index in [1.54, 1.807) is 6.20 Å². The standard InChI is InChI=1S/C12H22N4O2S/c1-3-6-14-12-10-11(5-9-15-12)13-7-4-8-16-19(2,17)18/h5,9-10,16H,3-4,6-8H2,1-2H3,(H2,13,14,15). The van der Waals surface area contributed by atoms with Gasteiger partial charge in [0.1, 0.15) is 5.82 Å². The first-order chi connectivity index (χ1) is 9.01. The second-order valence-electron chi connectivity index (χ2n) is 4.30. The minimum atomic E-state index is -3.08. The Morgan fingerprint density at radius 1 is 1.21 bits per heavy atom. The van der Waals surface area contributed by atoms with Crippen molar-refractivity contribution in [2.75, 3.05) is 36.5 Å². The van der Waals surface area contributed by atoms with Crippen molar-refractivity contribution in [3.63, 3.8) is 0 Å². The SMILES string of the molecule is CCCNc1cc(NCCCNS(C)(=O)=O)ccn1. The lowest BCUT2D eigenvalue weighted by atomic mass is 10.3. The third-order valence-electron chi connectivity index (χ3n) is 2.36. The first kappa shape index (κ1) is 15.7. The molecule has 0 saturated heterocycles. The van der Waals surface area contributed by atoms with Crippen LogP contribution in [0.15, 0.2) is 18.3 Å². The highest BCUT2D eigenvalue weighted by Gasteiger charge is 1.99. The third-order valence-corrected chi connectivity index (χ3v) is 3.09. The van der Waals surface area contributed by atoms with Crippen LogP contribution in [-0.2, 0) is 10.0 Å². The second-order valence-corrected chi connectivity index (χ2v) is 6.14. The van der Waals surface area contributed by atoms with Gasteiger partial charge in [-0.15, -0.1) is 0 Å². The average molecular weight is 286 g/mol. The van der Waals surface area contributed by atoms with E-state index in [1.165, 1.54) is 0 Å². The maximum absolute atomic E-state index is 10.9. The molecular weight excluding hydrogens is 264 g/mol. The Morgan fingerprint density at radius 3 is 2.68 bits per heavy atom. The molecule has 7 heteroatoms. The number of nitrogens with zero attached hydrogens (tertiary/aromatic N) is 1. The molecule has 0 amide bonds. The van der Waals surface area contributed by atoms with Gasteiger partial charge in [0.2, 0.25) is 10.0 Å². The van der Waals surface area contributed by atoms with Crippen molar-refractivity contribution in [3.8, 4) is 0 Å². The minimum Gasteiger partial charge on any atom is -0.385 e. The first-order valence-electron chi connectivity index (χ1n) is 6.39. The van der Waals surface area contributed by atoms with Gasteiger partial charge in [0.05, 0.1) is 6.26 Å². The van der Waals surface area contributed by atoms with Crippen LogP contribution in [0.5, 0.6) is 0 Å². The molecule has 0 aromatic carbocycles. The topological polar surface area (TPSA) is 83.1 Å². The number of hydrogen-bond donors (Lipinski definition) is 3. The first-order valence-corrected chi connectivity index (χ1v) is 8.29. The van der Waals surface area contributed by atoms with Crippen molar-refractivity contribution in [2.24, 2.45) is 0 Å². The summed E-state index contributed by atoms with van der Waals surface area (Å²) in [5, 5.41) is 6.45. The third kappa shape index (κ3) is 7.63. The molecule has 1 heterocycles. The summed E-state index contributed by atoms with van der Waals surface area (Å²) in [7, 11) is -3.08. The van der Waals surface area contributed by atoms with E-state index in [0.717, 1.165) is 37.1 Å². The van der Waals surface area contributed by atoms with Crippen LogP contribution >= 0.6 is 0 Å². The molecule has 0 aliphatic heterocycles. The Kier molecular flexibility index (Phi) is 6.58. The summed E-state index contributed by atoms with van der Waals surface area (Å²) in [6.07, 6.45) is 4.69. The monoisotopic (exact) mass is 286 g/mol. The molecule has 0 aliphatic carbocycles. The Balaban J connectivity index is 2.29. The number of aromatic nitrogens is 1. The van der Waals surface area contributed by atoms with Gasteiger partial charge in [-0.3, -0.25) is 0 Å². The van der Waals surface area contributed by atoms with Crippen LogP contribution in [0, 0.1) is 0 Å². The molecule has 0 bridgehead atoms. The summed E-state index contributed by atoms with van der Waals surface area (Å²) in [6.45, 7) is 4.15. The molecular formula is C12H22N4O2S. The Labute approximate surface area is 115 Å². The zero-order valence-corrected chi connectivity index (χ0v) is 12.3. The lowest BCUT2D eigenvalue weighted by Crippen LogP contribution is -2.24. The molecule has 0 radical (unpaired) electrons. The maximum Gasteiger partial charge on any atom is 0.208 e. The van der Waals surface area contributed by atoms with E-state index >= 15 is 0 Å². The molecule has 0 fully saturated rings. The van der Waals surface area contributed by atoms with Gasteiger partial charge >= 0.3 is 0 Å². The predicted molar refractivity (Wildman–Crippen MR) is 79.0 cm³/mol. The maximum atomic E-state index is 10.9. The number of sulfonamides is 1. The Hall–Kier alpha value is -1.34. The van der Waals surface area contributed by atoms with Crippen LogP contribution in [0.4, 0.5) is 11.5 Å². The highest BCUT2D eigenvalue weighted by molar-refractivity contribution is 7.88. The van der Waals surface area contributed by atoms with Crippen molar-refractivity contribution >= 4 is 21.5 Å². The smallest absolute Gasteiger partial charge is 0.208 e. The van der Waals surface area contributed by atoms with Crippen LogP contribution in [0.1, 0.15) is 19.8 Å². The summed E-state index contributed by atoms with van der Waals surface area (Å²) < 4.78 is 24.2. The van der Waals surface area contributed by atoms with Crippen LogP contribution in [0.2, 0.25) is 0 Å². The Morgan fingerprint density at radius 2 is 2.00 bits per heavy atom. The van der Waals surface area contributed by atoms with Crippen molar-refractivity contribution in [1.29, 1.82) is 0 Å². The average Bonchev–Trinajstić information content (AvgIpc) is 2.35. The molecule has 1 aromatic heterocycles. The van der Waals surface area contributed by atoms with Crippen LogP contribution in [0.3, 0.4) is 0 Å². The zero-order chi connectivity index (χ0) is 14.1. The molecule has 19 heavy (non-hydrogen) atoms. The number of anilines is 2. The second kappa shape index (κ2) is 7.96. The van der Waals surface area contributed by atoms with E-state index in [0.29, 0.717) is 13.1 Å². The molecule has 0 aliphatic rings. The van der Waals surface area contributed by atoms with Crippen LogP contribution < -0.4 is 15.4 Å². The summed E-state index contributed by atoms with van der Waals surface area (Å²) in [5.74, 6) is 0.848. The summed E-state index contributed by atoms with van der Waals surface area (Å²) in [5.41, 5.74) is 0.980. The van der Waals surface area contributed by atoms with E-state index in [2.05, 4.69) is 27.3 Å². The molecule has 3 N–H and O–H groups in total. The van der Waals surface area contributed by atoms with Gasteiger partial charge < -0.3 is 10.6 Å². The lowest BCUT2D eigenvalue weighted by Gasteiger charge is -2.09. The van der Waals surface area contributed by atoms with Crippen molar-refractivity contribution < 1.29 is 8.42 Å². The lowest BCUT2D eigenvalue weighted by molar-refractivity contribution is 0.586. The molecule has 0 spiro atoms. The number of hydrogen-bond acceptors (Lipinski definition) is 5. The largest absolute Gasteiger partial charge is 0.385 e. The molecule has 0 saturated carbocycles. The van der Waals surface area contributed by atoms with Gasteiger partial charge in [0.25, 0.3) is 0 Å². The summed E-state index contributed by atoms with van der Waals surface area (Å²) in [4.78, 5) is 4.21. The van der Waals surface area contributed by atoms with E-state index in [1.807, 2.05) is 12.1 Å². The van der Waals surface area contributed by atoms with Crippen molar-refractivity contribution in [2.45, 2.75) is 19.8 Å². The van der Waals surface area contributed by atoms with Gasteiger partial charge in [0, 0.05) is 37.6 Å². The summed E-state index contributed by atoms with van der Waals surface area (Å²) >= 11 is 0.